The van der Waals surface area contributed by atoms with E-state index in [1.165, 1.54) is 0 Å². The van der Waals surface area contributed by atoms with E-state index in [4.69, 9.17) is 0 Å². The maximum atomic E-state index is 12.5. The van der Waals surface area contributed by atoms with Gasteiger partial charge in [0.2, 0.25) is 0 Å². The van der Waals surface area contributed by atoms with Crippen LogP contribution in [0.3, 0.4) is 0 Å². The normalized spacial score (nSPS) is 10.6. The Bertz CT molecular complexity index is 857. The fraction of sp³-hybridized carbons (Fsp3) is 0.111. The van der Waals surface area contributed by atoms with Gasteiger partial charge in [0, 0.05) is 15.1 Å². The van der Waals surface area contributed by atoms with Crippen molar-refractivity contribution in [1.82, 2.24) is 9.78 Å². The minimum absolute atomic E-state index is 0.159. The Hall–Kier alpha value is -2.05. The molecular weight excluding hydrogens is 386 g/mol. The number of nitrogens with one attached hydrogen (secondary N) is 1. The first-order valence-electron chi connectivity index (χ1n) is 7.34. The van der Waals surface area contributed by atoms with E-state index < -0.39 is 0 Å². The molecular formula is C18H16BrN3OS. The topological polar surface area (TPSA) is 46.9 Å². The number of hydrogen-bond donors (Lipinski definition) is 1. The van der Waals surface area contributed by atoms with E-state index in [0.29, 0.717) is 5.56 Å². The standard InChI is InChI=1S/C18H16BrN3OS/c1-12-17(11-20-22(12)15-7-3-13(19)4-8-15)18(23)21-14-5-9-16(24-2)10-6-14/h3-11H,1-2H3,(H,21,23). The molecule has 1 aromatic heterocycles. The highest BCUT2D eigenvalue weighted by Gasteiger charge is 2.15. The molecule has 0 unspecified atom stereocenters. The smallest absolute Gasteiger partial charge is 0.259 e. The molecule has 3 aromatic rings. The van der Waals surface area contributed by atoms with E-state index in [-0.39, 0.29) is 5.91 Å². The van der Waals surface area contributed by atoms with Gasteiger partial charge in [-0.1, -0.05) is 15.9 Å². The van der Waals surface area contributed by atoms with Crippen molar-refractivity contribution in [3.05, 3.63) is 70.5 Å². The van der Waals surface area contributed by atoms with Gasteiger partial charge in [0.05, 0.1) is 23.1 Å². The Kier molecular flexibility index (Phi) is 5.06. The van der Waals surface area contributed by atoms with Gasteiger partial charge < -0.3 is 5.32 Å². The predicted octanol–water partition coefficient (Wildman–Crippen LogP) is 4.92. The van der Waals surface area contributed by atoms with Crippen LogP contribution in [-0.2, 0) is 0 Å². The summed E-state index contributed by atoms with van der Waals surface area (Å²) >= 11 is 5.08. The summed E-state index contributed by atoms with van der Waals surface area (Å²) in [6.07, 6.45) is 3.62. The zero-order chi connectivity index (χ0) is 17.1. The highest BCUT2D eigenvalue weighted by atomic mass is 79.9. The van der Waals surface area contributed by atoms with Crippen LogP contribution in [-0.4, -0.2) is 21.9 Å². The summed E-state index contributed by atoms with van der Waals surface area (Å²) in [6.45, 7) is 1.89. The predicted molar refractivity (Wildman–Crippen MR) is 102 cm³/mol. The molecule has 3 rings (SSSR count). The molecule has 0 aliphatic heterocycles. The van der Waals surface area contributed by atoms with Gasteiger partial charge in [-0.3, -0.25) is 4.79 Å². The molecule has 0 spiro atoms. The van der Waals surface area contributed by atoms with E-state index in [1.807, 2.05) is 61.7 Å². The maximum absolute atomic E-state index is 12.5. The average molecular weight is 402 g/mol. The summed E-state index contributed by atoms with van der Waals surface area (Å²) in [5.41, 5.74) is 3.05. The van der Waals surface area contributed by atoms with Crippen molar-refractivity contribution in [3.8, 4) is 5.69 Å². The molecule has 0 aliphatic carbocycles. The molecule has 1 heterocycles. The quantitative estimate of drug-likeness (QED) is 0.631. The van der Waals surface area contributed by atoms with Crippen LogP contribution in [0.2, 0.25) is 0 Å². The number of benzene rings is 2. The van der Waals surface area contributed by atoms with Gasteiger partial charge in [-0.15, -0.1) is 11.8 Å². The Balaban J connectivity index is 1.81. The van der Waals surface area contributed by atoms with E-state index in [1.54, 1.807) is 22.6 Å². The molecule has 0 bridgehead atoms. The largest absolute Gasteiger partial charge is 0.322 e. The van der Waals surface area contributed by atoms with Gasteiger partial charge in [-0.05, 0) is 61.7 Å². The van der Waals surface area contributed by atoms with Gasteiger partial charge in [-0.2, -0.15) is 5.10 Å². The summed E-state index contributed by atoms with van der Waals surface area (Å²) in [6, 6.07) is 15.6. The number of aromatic nitrogens is 2. The zero-order valence-electron chi connectivity index (χ0n) is 13.3. The van der Waals surface area contributed by atoms with E-state index in [0.717, 1.165) is 26.4 Å². The third-order valence-corrected chi connectivity index (χ3v) is 4.95. The van der Waals surface area contributed by atoms with Crippen molar-refractivity contribution < 1.29 is 4.79 Å². The third kappa shape index (κ3) is 3.55. The summed E-state index contributed by atoms with van der Waals surface area (Å²) in [4.78, 5) is 13.7. The van der Waals surface area contributed by atoms with Crippen molar-refractivity contribution in [3.63, 3.8) is 0 Å². The highest BCUT2D eigenvalue weighted by Crippen LogP contribution is 2.20. The summed E-state index contributed by atoms with van der Waals surface area (Å²) in [5, 5.41) is 7.26. The molecule has 122 valence electrons. The van der Waals surface area contributed by atoms with Crippen molar-refractivity contribution in [2.45, 2.75) is 11.8 Å². The lowest BCUT2D eigenvalue weighted by Gasteiger charge is -2.07. The Labute approximate surface area is 153 Å². The van der Waals surface area contributed by atoms with Crippen molar-refractivity contribution in [1.29, 1.82) is 0 Å². The van der Waals surface area contributed by atoms with Gasteiger partial charge in [0.15, 0.2) is 0 Å². The lowest BCUT2D eigenvalue weighted by atomic mass is 10.2. The molecule has 4 nitrogen and oxygen atoms in total. The zero-order valence-corrected chi connectivity index (χ0v) is 15.7. The summed E-state index contributed by atoms with van der Waals surface area (Å²) < 4.78 is 2.76. The van der Waals surface area contributed by atoms with Crippen molar-refractivity contribution in [2.75, 3.05) is 11.6 Å². The molecule has 0 aliphatic rings. The molecule has 2 aromatic carbocycles. The minimum atomic E-state index is -0.159. The first kappa shape index (κ1) is 16.8. The monoisotopic (exact) mass is 401 g/mol. The third-order valence-electron chi connectivity index (χ3n) is 3.67. The van der Waals surface area contributed by atoms with Gasteiger partial charge in [0.1, 0.15) is 0 Å². The Morgan fingerprint density at radius 2 is 1.79 bits per heavy atom. The molecule has 0 atom stereocenters. The number of hydrogen-bond acceptors (Lipinski definition) is 3. The number of rotatable bonds is 4. The van der Waals surface area contributed by atoms with Crippen LogP contribution in [0, 0.1) is 6.92 Å². The van der Waals surface area contributed by atoms with E-state index >= 15 is 0 Å². The number of halogens is 1. The fourth-order valence-corrected chi connectivity index (χ4v) is 3.02. The van der Waals surface area contributed by atoms with Gasteiger partial charge >= 0.3 is 0 Å². The molecule has 0 saturated carbocycles. The number of nitrogens with zero attached hydrogens (tertiary/aromatic N) is 2. The van der Waals surface area contributed by atoms with Crippen molar-refractivity contribution in [2.24, 2.45) is 0 Å². The number of anilines is 1. The molecule has 1 N–H and O–H groups in total. The van der Waals surface area contributed by atoms with E-state index in [9.17, 15) is 4.79 Å². The molecule has 1 amide bonds. The average Bonchev–Trinajstić information content (AvgIpc) is 2.98. The number of amides is 1. The summed E-state index contributed by atoms with van der Waals surface area (Å²) in [7, 11) is 0. The van der Waals surface area contributed by atoms with Crippen LogP contribution >= 0.6 is 27.7 Å². The van der Waals surface area contributed by atoms with Crippen LogP contribution in [0.15, 0.2) is 64.1 Å². The molecule has 0 fully saturated rings. The first-order chi connectivity index (χ1) is 11.6. The molecule has 24 heavy (non-hydrogen) atoms. The molecule has 0 radical (unpaired) electrons. The highest BCUT2D eigenvalue weighted by molar-refractivity contribution is 9.10. The van der Waals surface area contributed by atoms with Gasteiger partial charge in [0.25, 0.3) is 5.91 Å². The van der Waals surface area contributed by atoms with Crippen LogP contribution in [0.4, 0.5) is 5.69 Å². The second-order valence-electron chi connectivity index (χ2n) is 5.21. The second-order valence-corrected chi connectivity index (χ2v) is 7.01. The Morgan fingerprint density at radius 3 is 2.42 bits per heavy atom. The second kappa shape index (κ2) is 7.23. The number of carbonyl (C=O) groups excluding carboxylic acids is 1. The molecule has 6 heteroatoms. The fourth-order valence-electron chi connectivity index (χ4n) is 2.35. The number of carbonyl (C=O) groups is 1. The van der Waals surface area contributed by atoms with Crippen LogP contribution < -0.4 is 5.32 Å². The van der Waals surface area contributed by atoms with Crippen LogP contribution in [0.1, 0.15) is 16.1 Å². The van der Waals surface area contributed by atoms with E-state index in [2.05, 4.69) is 26.3 Å². The lowest BCUT2D eigenvalue weighted by molar-refractivity contribution is 0.102. The minimum Gasteiger partial charge on any atom is -0.322 e. The number of thioether (sulfide) groups is 1. The molecule has 0 saturated heterocycles. The lowest BCUT2D eigenvalue weighted by Crippen LogP contribution is -2.13. The SMILES string of the molecule is CSc1ccc(NC(=O)c2cnn(-c3ccc(Br)cc3)c2C)cc1. The van der Waals surface area contributed by atoms with Crippen LogP contribution in [0.5, 0.6) is 0 Å². The van der Waals surface area contributed by atoms with Gasteiger partial charge in [-0.25, -0.2) is 4.68 Å². The van der Waals surface area contributed by atoms with Crippen LogP contribution in [0.25, 0.3) is 5.69 Å². The first-order valence-corrected chi connectivity index (χ1v) is 9.36. The van der Waals surface area contributed by atoms with Crippen molar-refractivity contribution >= 4 is 39.3 Å². The maximum Gasteiger partial charge on any atom is 0.259 e. The summed E-state index contributed by atoms with van der Waals surface area (Å²) in [5.74, 6) is -0.159. The Morgan fingerprint density at radius 1 is 1.12 bits per heavy atom.